The van der Waals surface area contributed by atoms with E-state index in [1.165, 1.54) is 6.33 Å². The van der Waals surface area contributed by atoms with E-state index in [4.69, 9.17) is 0 Å². The molecule has 0 saturated carbocycles. The molecule has 0 aliphatic carbocycles. The van der Waals surface area contributed by atoms with Crippen molar-refractivity contribution in [1.82, 2.24) is 25.3 Å². The highest BCUT2D eigenvalue weighted by molar-refractivity contribution is 5.73. The fourth-order valence-electron chi connectivity index (χ4n) is 1.88. The van der Waals surface area contributed by atoms with Crippen molar-refractivity contribution in [3.63, 3.8) is 0 Å². The molecule has 0 aliphatic rings. The van der Waals surface area contributed by atoms with Crippen LogP contribution in [0.1, 0.15) is 25.1 Å². The maximum Gasteiger partial charge on any atom is 0.321 e. The molecule has 2 heterocycles. The molecule has 2 rings (SSSR count). The van der Waals surface area contributed by atoms with Gasteiger partial charge in [-0.3, -0.25) is 10.1 Å². The van der Waals surface area contributed by atoms with Crippen LogP contribution in [-0.4, -0.2) is 43.1 Å². The number of H-pyrrole nitrogens is 1. The van der Waals surface area contributed by atoms with E-state index >= 15 is 0 Å². The van der Waals surface area contributed by atoms with Crippen molar-refractivity contribution in [3.8, 4) is 0 Å². The number of aromatic amines is 1. The molecule has 2 aromatic rings. The third-order valence-corrected chi connectivity index (χ3v) is 2.95. The van der Waals surface area contributed by atoms with Crippen LogP contribution in [0.5, 0.6) is 0 Å². The topological polar surface area (TPSA) is 116 Å². The van der Waals surface area contributed by atoms with Crippen LogP contribution in [0.3, 0.4) is 0 Å². The minimum Gasteiger partial charge on any atom is -0.480 e. The summed E-state index contributed by atoms with van der Waals surface area (Å²) in [7, 11) is 0. The summed E-state index contributed by atoms with van der Waals surface area (Å²) in [5, 5.41) is 15.3. The molecule has 118 valence electrons. The molecule has 4 N–H and O–H groups in total. The van der Waals surface area contributed by atoms with Crippen LogP contribution in [0.15, 0.2) is 24.9 Å². The Balaban J connectivity index is 1.90. The Hall–Kier alpha value is -2.48. The Bertz CT molecular complexity index is 582. The van der Waals surface area contributed by atoms with Crippen molar-refractivity contribution < 1.29 is 9.90 Å². The van der Waals surface area contributed by atoms with Gasteiger partial charge in [-0.1, -0.05) is 0 Å². The molecular formula is C14H20N6O2. The molecule has 8 heteroatoms. The highest BCUT2D eigenvalue weighted by atomic mass is 16.4. The zero-order valence-corrected chi connectivity index (χ0v) is 12.6. The highest BCUT2D eigenvalue weighted by Gasteiger charge is 2.18. The minimum absolute atomic E-state index is 0.259. The molecule has 1 atom stereocenters. The SMILES string of the molecule is CC(C)Nc1ncc(CN[C@@H](Cc2cnc[nH]2)C(=O)O)cn1. The van der Waals surface area contributed by atoms with Crippen molar-refractivity contribution in [2.75, 3.05) is 5.32 Å². The molecule has 0 fully saturated rings. The third-order valence-electron chi connectivity index (χ3n) is 2.95. The fraction of sp³-hybridized carbons (Fsp3) is 0.429. The molecule has 0 aromatic carbocycles. The number of nitrogens with one attached hydrogen (secondary N) is 3. The van der Waals surface area contributed by atoms with E-state index in [0.717, 1.165) is 11.3 Å². The van der Waals surface area contributed by atoms with Gasteiger partial charge in [0.25, 0.3) is 0 Å². The molecule has 8 nitrogen and oxygen atoms in total. The predicted octanol–water partition coefficient (Wildman–Crippen LogP) is 0.805. The molecule has 0 radical (unpaired) electrons. The van der Waals surface area contributed by atoms with Gasteiger partial charge in [-0.05, 0) is 13.8 Å². The van der Waals surface area contributed by atoms with Gasteiger partial charge in [0.2, 0.25) is 5.95 Å². The lowest BCUT2D eigenvalue weighted by molar-refractivity contribution is -0.139. The van der Waals surface area contributed by atoms with Crippen LogP contribution in [0.25, 0.3) is 0 Å². The quantitative estimate of drug-likeness (QED) is 0.570. The maximum absolute atomic E-state index is 11.3. The van der Waals surface area contributed by atoms with Gasteiger partial charge in [0, 0.05) is 48.9 Å². The Labute approximate surface area is 128 Å². The maximum atomic E-state index is 11.3. The molecule has 0 saturated heterocycles. The number of carboxylic acid groups (broad SMARTS) is 1. The zero-order valence-electron chi connectivity index (χ0n) is 12.6. The van der Waals surface area contributed by atoms with Crippen LogP contribution < -0.4 is 10.6 Å². The van der Waals surface area contributed by atoms with Gasteiger partial charge >= 0.3 is 5.97 Å². The summed E-state index contributed by atoms with van der Waals surface area (Å²) in [5.41, 5.74) is 1.60. The molecule has 22 heavy (non-hydrogen) atoms. The predicted molar refractivity (Wildman–Crippen MR) is 81.3 cm³/mol. The van der Waals surface area contributed by atoms with E-state index in [1.54, 1.807) is 18.6 Å². The van der Waals surface area contributed by atoms with E-state index in [0.29, 0.717) is 18.9 Å². The molecule has 0 amide bonds. The van der Waals surface area contributed by atoms with Crippen molar-refractivity contribution >= 4 is 11.9 Å². The smallest absolute Gasteiger partial charge is 0.321 e. The van der Waals surface area contributed by atoms with Crippen LogP contribution in [-0.2, 0) is 17.8 Å². The normalized spacial score (nSPS) is 12.3. The van der Waals surface area contributed by atoms with Gasteiger partial charge in [0.15, 0.2) is 0 Å². The second-order valence-electron chi connectivity index (χ2n) is 5.27. The number of nitrogens with zero attached hydrogens (tertiary/aromatic N) is 3. The summed E-state index contributed by atoms with van der Waals surface area (Å²) in [6.45, 7) is 4.39. The first-order chi connectivity index (χ1) is 10.5. The standard InChI is InChI=1S/C14H20N6O2/c1-9(2)20-14-17-5-10(6-18-14)4-16-12(13(21)22)3-11-7-15-8-19-11/h5-9,12,16H,3-4H2,1-2H3,(H,15,19)(H,21,22)(H,17,18,20)/t12-/m0/s1. The van der Waals surface area contributed by atoms with Crippen LogP contribution >= 0.6 is 0 Å². The fourth-order valence-corrected chi connectivity index (χ4v) is 1.88. The van der Waals surface area contributed by atoms with Gasteiger partial charge < -0.3 is 15.4 Å². The van der Waals surface area contributed by atoms with Gasteiger partial charge in [-0.15, -0.1) is 0 Å². The number of aliphatic carboxylic acids is 1. The second kappa shape index (κ2) is 7.51. The van der Waals surface area contributed by atoms with E-state index in [1.807, 2.05) is 13.8 Å². The number of aromatic nitrogens is 4. The first kappa shape index (κ1) is 15.9. The van der Waals surface area contributed by atoms with Gasteiger partial charge in [-0.25, -0.2) is 15.0 Å². The molecule has 0 spiro atoms. The number of hydrogen-bond donors (Lipinski definition) is 4. The number of anilines is 1. The lowest BCUT2D eigenvalue weighted by Crippen LogP contribution is -2.38. The Morgan fingerprint density at radius 3 is 2.59 bits per heavy atom. The van der Waals surface area contributed by atoms with Gasteiger partial charge in [0.1, 0.15) is 6.04 Å². The monoisotopic (exact) mass is 304 g/mol. The summed E-state index contributed by atoms with van der Waals surface area (Å²) in [5.74, 6) is -0.348. The van der Waals surface area contributed by atoms with Gasteiger partial charge in [0.05, 0.1) is 6.33 Å². The Morgan fingerprint density at radius 2 is 2.05 bits per heavy atom. The number of carboxylic acids is 1. The van der Waals surface area contributed by atoms with Crippen LogP contribution in [0, 0.1) is 0 Å². The summed E-state index contributed by atoms with van der Waals surface area (Å²) in [6.07, 6.45) is 6.85. The summed E-state index contributed by atoms with van der Waals surface area (Å²) < 4.78 is 0. The zero-order chi connectivity index (χ0) is 15.9. The average Bonchev–Trinajstić information content (AvgIpc) is 2.97. The number of imidazole rings is 1. The Morgan fingerprint density at radius 1 is 1.32 bits per heavy atom. The van der Waals surface area contributed by atoms with Gasteiger partial charge in [-0.2, -0.15) is 0 Å². The van der Waals surface area contributed by atoms with Crippen molar-refractivity contribution in [2.24, 2.45) is 0 Å². The number of carbonyl (C=O) groups is 1. The van der Waals surface area contributed by atoms with E-state index in [9.17, 15) is 9.90 Å². The van der Waals surface area contributed by atoms with E-state index in [2.05, 4.69) is 30.6 Å². The molecule has 0 unspecified atom stereocenters. The summed E-state index contributed by atoms with van der Waals surface area (Å²) >= 11 is 0. The first-order valence-electron chi connectivity index (χ1n) is 7.05. The average molecular weight is 304 g/mol. The number of rotatable bonds is 8. The van der Waals surface area contributed by atoms with Crippen molar-refractivity contribution in [2.45, 2.75) is 38.9 Å². The van der Waals surface area contributed by atoms with Crippen LogP contribution in [0.4, 0.5) is 5.95 Å². The van der Waals surface area contributed by atoms with Crippen molar-refractivity contribution in [1.29, 1.82) is 0 Å². The lowest BCUT2D eigenvalue weighted by Gasteiger charge is -2.13. The molecular weight excluding hydrogens is 284 g/mol. The molecule has 0 aliphatic heterocycles. The third kappa shape index (κ3) is 4.81. The molecule has 0 bridgehead atoms. The van der Waals surface area contributed by atoms with E-state index < -0.39 is 12.0 Å². The Kier molecular flexibility index (Phi) is 5.42. The molecule has 2 aromatic heterocycles. The lowest BCUT2D eigenvalue weighted by atomic mass is 10.1. The summed E-state index contributed by atoms with van der Waals surface area (Å²) in [6, 6.07) is -0.441. The highest BCUT2D eigenvalue weighted by Crippen LogP contribution is 2.04. The van der Waals surface area contributed by atoms with Crippen LogP contribution in [0.2, 0.25) is 0 Å². The second-order valence-corrected chi connectivity index (χ2v) is 5.27. The first-order valence-corrected chi connectivity index (χ1v) is 7.05. The summed E-state index contributed by atoms with van der Waals surface area (Å²) in [4.78, 5) is 26.4. The largest absolute Gasteiger partial charge is 0.480 e. The van der Waals surface area contributed by atoms with E-state index in [-0.39, 0.29) is 6.04 Å². The van der Waals surface area contributed by atoms with Crippen molar-refractivity contribution in [3.05, 3.63) is 36.2 Å². The number of hydrogen-bond acceptors (Lipinski definition) is 6. The minimum atomic E-state index is -0.909.